The minimum atomic E-state index is -0.643. The van der Waals surface area contributed by atoms with E-state index in [0.29, 0.717) is 0 Å². The molecular formula is C13H17N3O4. The topological polar surface area (TPSA) is 121 Å². The number of hydrogen-bond donors (Lipinski definition) is 2. The number of nitrogens with zero attached hydrogens (tertiary/aromatic N) is 1. The highest BCUT2D eigenvalue weighted by Crippen LogP contribution is 2.31. The maximum Gasteiger partial charge on any atom is 0.310 e. The van der Waals surface area contributed by atoms with Crippen molar-refractivity contribution < 1.29 is 14.5 Å². The van der Waals surface area contributed by atoms with Crippen molar-refractivity contribution in [1.29, 1.82) is 0 Å². The van der Waals surface area contributed by atoms with Crippen LogP contribution in [0.2, 0.25) is 0 Å². The molecule has 1 aromatic carbocycles. The summed E-state index contributed by atoms with van der Waals surface area (Å²) in [6.07, 6.45) is 3.04. The molecular weight excluding hydrogens is 262 g/mol. The molecule has 0 aromatic heterocycles. The smallest absolute Gasteiger partial charge is 0.310 e. The van der Waals surface area contributed by atoms with Gasteiger partial charge in [0.1, 0.15) is 0 Å². The number of carbonyl (C=O) groups excluding carboxylic acids is 1. The van der Waals surface area contributed by atoms with Gasteiger partial charge in [0, 0.05) is 23.7 Å². The standard InChI is InChI=1S/C13H17N3O4/c14-9-2-4-10(5-3-9)20-12-7-8(13(15)17)1-6-11(12)16(18)19/h1,6-7,9-10H,2-5,14H2,(H2,15,17). The van der Waals surface area contributed by atoms with Crippen LogP contribution in [0, 0.1) is 10.1 Å². The molecule has 108 valence electrons. The van der Waals surface area contributed by atoms with E-state index in [1.165, 1.54) is 18.2 Å². The van der Waals surface area contributed by atoms with E-state index < -0.39 is 10.8 Å². The maximum atomic E-state index is 11.1. The lowest BCUT2D eigenvalue weighted by atomic mass is 9.93. The first-order valence-corrected chi connectivity index (χ1v) is 6.48. The predicted octanol–water partition coefficient (Wildman–Crippen LogP) is 1.34. The largest absolute Gasteiger partial charge is 0.483 e. The zero-order valence-electron chi connectivity index (χ0n) is 11.0. The Morgan fingerprint density at radius 2 is 1.95 bits per heavy atom. The molecule has 0 atom stereocenters. The monoisotopic (exact) mass is 279 g/mol. The highest BCUT2D eigenvalue weighted by Gasteiger charge is 2.24. The highest BCUT2D eigenvalue weighted by atomic mass is 16.6. The number of ether oxygens (including phenoxy) is 1. The predicted molar refractivity (Wildman–Crippen MR) is 72.5 cm³/mol. The average molecular weight is 279 g/mol. The van der Waals surface area contributed by atoms with Crippen LogP contribution in [0.1, 0.15) is 36.0 Å². The van der Waals surface area contributed by atoms with Gasteiger partial charge in [-0.1, -0.05) is 0 Å². The molecule has 0 radical (unpaired) electrons. The van der Waals surface area contributed by atoms with Gasteiger partial charge >= 0.3 is 5.69 Å². The van der Waals surface area contributed by atoms with E-state index in [-0.39, 0.29) is 29.1 Å². The van der Waals surface area contributed by atoms with Crippen LogP contribution in [0.15, 0.2) is 18.2 Å². The number of carbonyl (C=O) groups is 1. The van der Waals surface area contributed by atoms with Crippen molar-refractivity contribution in [3.8, 4) is 5.75 Å². The molecule has 4 N–H and O–H groups in total. The van der Waals surface area contributed by atoms with Crippen LogP contribution in [-0.2, 0) is 0 Å². The Hall–Kier alpha value is -2.15. The fourth-order valence-electron chi connectivity index (χ4n) is 2.30. The summed E-state index contributed by atoms with van der Waals surface area (Å²) >= 11 is 0. The van der Waals surface area contributed by atoms with E-state index in [2.05, 4.69) is 0 Å². The molecule has 0 saturated heterocycles. The van der Waals surface area contributed by atoms with Gasteiger partial charge in [-0.15, -0.1) is 0 Å². The van der Waals surface area contributed by atoms with Gasteiger partial charge in [0.05, 0.1) is 11.0 Å². The molecule has 0 aliphatic heterocycles. The molecule has 7 nitrogen and oxygen atoms in total. The normalized spacial score (nSPS) is 22.2. The molecule has 1 aromatic rings. The molecule has 0 bridgehead atoms. The van der Waals surface area contributed by atoms with Gasteiger partial charge in [-0.25, -0.2) is 0 Å². The van der Waals surface area contributed by atoms with Gasteiger partial charge in [0.15, 0.2) is 5.75 Å². The average Bonchev–Trinajstić information content (AvgIpc) is 2.41. The summed E-state index contributed by atoms with van der Waals surface area (Å²) in [4.78, 5) is 21.6. The lowest BCUT2D eigenvalue weighted by molar-refractivity contribution is -0.386. The first-order chi connectivity index (χ1) is 9.47. The third-order valence-corrected chi connectivity index (χ3v) is 3.45. The molecule has 2 rings (SSSR count). The van der Waals surface area contributed by atoms with Crippen LogP contribution in [0.25, 0.3) is 0 Å². The fourth-order valence-corrected chi connectivity index (χ4v) is 2.30. The van der Waals surface area contributed by atoms with Crippen LogP contribution in [0.3, 0.4) is 0 Å². The van der Waals surface area contributed by atoms with Crippen LogP contribution in [0.5, 0.6) is 5.75 Å². The van der Waals surface area contributed by atoms with Gasteiger partial charge in [-0.3, -0.25) is 14.9 Å². The molecule has 1 fully saturated rings. The van der Waals surface area contributed by atoms with Crippen molar-refractivity contribution in [2.45, 2.75) is 37.8 Å². The minimum Gasteiger partial charge on any atom is -0.483 e. The van der Waals surface area contributed by atoms with Crippen molar-refractivity contribution >= 4 is 11.6 Å². The number of amides is 1. The molecule has 1 saturated carbocycles. The molecule has 0 spiro atoms. The van der Waals surface area contributed by atoms with Crippen molar-refractivity contribution in [2.24, 2.45) is 11.5 Å². The molecule has 1 amide bonds. The van der Waals surface area contributed by atoms with E-state index in [4.69, 9.17) is 16.2 Å². The van der Waals surface area contributed by atoms with E-state index >= 15 is 0 Å². The van der Waals surface area contributed by atoms with Gasteiger partial charge in [-0.05, 0) is 31.7 Å². The summed E-state index contributed by atoms with van der Waals surface area (Å²) in [5, 5.41) is 11.0. The third-order valence-electron chi connectivity index (χ3n) is 3.45. The Morgan fingerprint density at radius 1 is 1.30 bits per heavy atom. The van der Waals surface area contributed by atoms with E-state index in [9.17, 15) is 14.9 Å². The summed E-state index contributed by atoms with van der Waals surface area (Å²) < 4.78 is 5.68. The zero-order valence-corrected chi connectivity index (χ0v) is 11.0. The summed E-state index contributed by atoms with van der Waals surface area (Å²) in [6.45, 7) is 0. The number of nitrogens with two attached hydrogens (primary N) is 2. The molecule has 0 heterocycles. The van der Waals surface area contributed by atoms with Crippen LogP contribution >= 0.6 is 0 Å². The maximum absolute atomic E-state index is 11.1. The van der Waals surface area contributed by atoms with Gasteiger partial charge in [0.25, 0.3) is 0 Å². The van der Waals surface area contributed by atoms with Crippen LogP contribution in [0.4, 0.5) is 5.69 Å². The van der Waals surface area contributed by atoms with Crippen molar-refractivity contribution in [2.75, 3.05) is 0 Å². The summed E-state index contributed by atoms with van der Waals surface area (Å²) in [6, 6.07) is 4.06. The first kappa shape index (κ1) is 14.3. The van der Waals surface area contributed by atoms with E-state index in [1.54, 1.807) is 0 Å². The SMILES string of the molecule is NC(=O)c1ccc([N+](=O)[O-])c(OC2CCC(N)CC2)c1. The number of primary amides is 1. The summed E-state index contributed by atoms with van der Waals surface area (Å²) in [7, 11) is 0. The molecule has 0 unspecified atom stereocenters. The Kier molecular flexibility index (Phi) is 4.19. The lowest BCUT2D eigenvalue weighted by Crippen LogP contribution is -2.31. The van der Waals surface area contributed by atoms with Crippen molar-refractivity contribution in [1.82, 2.24) is 0 Å². The number of nitro benzene ring substituents is 1. The van der Waals surface area contributed by atoms with E-state index in [0.717, 1.165) is 25.7 Å². The molecule has 20 heavy (non-hydrogen) atoms. The number of nitro groups is 1. The second-order valence-corrected chi connectivity index (χ2v) is 4.96. The number of hydrogen-bond acceptors (Lipinski definition) is 5. The molecule has 1 aliphatic rings. The molecule has 7 heteroatoms. The second kappa shape index (κ2) is 5.87. The Balaban J connectivity index is 2.21. The first-order valence-electron chi connectivity index (χ1n) is 6.48. The van der Waals surface area contributed by atoms with Crippen LogP contribution < -0.4 is 16.2 Å². The van der Waals surface area contributed by atoms with E-state index in [1.807, 2.05) is 0 Å². The Bertz CT molecular complexity index is 524. The van der Waals surface area contributed by atoms with Gasteiger partial charge in [-0.2, -0.15) is 0 Å². The van der Waals surface area contributed by atoms with Gasteiger partial charge in [0.2, 0.25) is 5.91 Å². The second-order valence-electron chi connectivity index (χ2n) is 4.96. The third kappa shape index (κ3) is 3.24. The Labute approximate surface area is 116 Å². The fraction of sp³-hybridized carbons (Fsp3) is 0.462. The Morgan fingerprint density at radius 3 is 2.50 bits per heavy atom. The highest BCUT2D eigenvalue weighted by molar-refractivity contribution is 5.93. The van der Waals surface area contributed by atoms with Crippen molar-refractivity contribution in [3.63, 3.8) is 0 Å². The molecule has 1 aliphatic carbocycles. The minimum absolute atomic E-state index is 0.0896. The lowest BCUT2D eigenvalue weighted by Gasteiger charge is -2.26. The van der Waals surface area contributed by atoms with Gasteiger partial charge < -0.3 is 16.2 Å². The number of rotatable bonds is 4. The number of benzene rings is 1. The van der Waals surface area contributed by atoms with Crippen LogP contribution in [-0.4, -0.2) is 23.0 Å². The summed E-state index contributed by atoms with van der Waals surface area (Å²) in [5.74, 6) is -0.554. The summed E-state index contributed by atoms with van der Waals surface area (Å²) in [5.41, 5.74) is 11.0. The zero-order chi connectivity index (χ0) is 14.7. The quantitative estimate of drug-likeness (QED) is 0.636. The van der Waals surface area contributed by atoms with Crippen molar-refractivity contribution in [3.05, 3.63) is 33.9 Å².